The van der Waals surface area contributed by atoms with E-state index in [-0.39, 0.29) is 16.8 Å². The van der Waals surface area contributed by atoms with Crippen molar-refractivity contribution in [1.82, 2.24) is 9.62 Å². The van der Waals surface area contributed by atoms with Gasteiger partial charge in [0, 0.05) is 16.0 Å². The maximum Gasteiger partial charge on any atom is 0.243 e. The summed E-state index contributed by atoms with van der Waals surface area (Å²) >= 11 is 9.20. The number of nitrogens with one attached hydrogen (secondary N) is 1. The predicted molar refractivity (Wildman–Crippen MR) is 109 cm³/mol. The molecular weight excluding hydrogens is 452 g/mol. The molecule has 27 heavy (non-hydrogen) atoms. The maximum absolute atomic E-state index is 13.0. The van der Waals surface area contributed by atoms with Crippen LogP contribution in [-0.4, -0.2) is 31.2 Å². The Kier molecular flexibility index (Phi) is 6.25. The Bertz CT molecular complexity index is 917. The smallest absolute Gasteiger partial charge is 0.243 e. The first-order valence-corrected chi connectivity index (χ1v) is 11.2. The summed E-state index contributed by atoms with van der Waals surface area (Å²) in [5.74, 6) is -0.282. The number of halogens is 2. The molecule has 1 amide bonds. The standard InChI is InChI=1S/C19H20BrClN2O3S/c1-13(14-4-8-16(21)9-5-14)22-19(24)18-3-2-12-23(18)27(25,26)17-10-6-15(20)7-11-17/h4-11,13,18H,2-3,12H2,1H3,(H,22,24)/t13-,18+/m1/s1. The number of benzene rings is 2. The summed E-state index contributed by atoms with van der Waals surface area (Å²) in [6, 6.07) is 12.7. The quantitative estimate of drug-likeness (QED) is 0.713. The van der Waals surface area contributed by atoms with Crippen molar-refractivity contribution in [2.45, 2.75) is 36.7 Å². The largest absolute Gasteiger partial charge is 0.348 e. The molecule has 1 aliphatic rings. The molecule has 2 aromatic carbocycles. The summed E-state index contributed by atoms with van der Waals surface area (Å²) in [4.78, 5) is 13.0. The van der Waals surface area contributed by atoms with Crippen LogP contribution >= 0.6 is 27.5 Å². The van der Waals surface area contributed by atoms with E-state index < -0.39 is 16.1 Å². The highest BCUT2D eigenvalue weighted by Gasteiger charge is 2.39. The number of rotatable bonds is 5. The zero-order valence-electron chi connectivity index (χ0n) is 14.7. The van der Waals surface area contributed by atoms with Gasteiger partial charge in [0.1, 0.15) is 6.04 Å². The predicted octanol–water partition coefficient (Wildman–Crippen LogP) is 4.13. The van der Waals surface area contributed by atoms with Crippen molar-refractivity contribution in [3.8, 4) is 0 Å². The Labute approximate surface area is 172 Å². The van der Waals surface area contributed by atoms with Crippen molar-refractivity contribution < 1.29 is 13.2 Å². The van der Waals surface area contributed by atoms with Crippen LogP contribution in [-0.2, 0) is 14.8 Å². The topological polar surface area (TPSA) is 66.5 Å². The van der Waals surface area contributed by atoms with Gasteiger partial charge in [0.05, 0.1) is 10.9 Å². The van der Waals surface area contributed by atoms with Gasteiger partial charge < -0.3 is 5.32 Å². The van der Waals surface area contributed by atoms with Crippen molar-refractivity contribution in [3.05, 3.63) is 63.6 Å². The first kappa shape index (κ1) is 20.3. The third-order valence-electron chi connectivity index (χ3n) is 4.66. The van der Waals surface area contributed by atoms with Gasteiger partial charge in [-0.05, 0) is 61.7 Å². The van der Waals surface area contributed by atoms with E-state index in [2.05, 4.69) is 21.2 Å². The van der Waals surface area contributed by atoms with Crippen LogP contribution in [0.15, 0.2) is 57.9 Å². The lowest BCUT2D eigenvalue weighted by Crippen LogP contribution is -2.46. The minimum atomic E-state index is -3.72. The normalized spacial score (nSPS) is 19.0. The van der Waals surface area contributed by atoms with Crippen LogP contribution < -0.4 is 5.32 Å². The van der Waals surface area contributed by atoms with Crippen LogP contribution in [0.3, 0.4) is 0 Å². The van der Waals surface area contributed by atoms with Crippen LogP contribution in [0.1, 0.15) is 31.4 Å². The van der Waals surface area contributed by atoms with Gasteiger partial charge in [0.25, 0.3) is 0 Å². The van der Waals surface area contributed by atoms with Crippen LogP contribution in [0.2, 0.25) is 5.02 Å². The molecule has 0 aliphatic carbocycles. The molecule has 1 N–H and O–H groups in total. The SMILES string of the molecule is C[C@@H](NC(=O)[C@@H]1CCCN1S(=O)(=O)c1ccc(Br)cc1)c1ccc(Cl)cc1. The molecule has 1 aliphatic heterocycles. The summed E-state index contributed by atoms with van der Waals surface area (Å²) in [5, 5.41) is 3.55. The molecule has 2 atom stereocenters. The van der Waals surface area contributed by atoms with E-state index in [0.717, 1.165) is 10.0 Å². The van der Waals surface area contributed by atoms with E-state index in [1.165, 1.54) is 4.31 Å². The molecule has 0 aromatic heterocycles. The Balaban J connectivity index is 1.76. The van der Waals surface area contributed by atoms with Crippen molar-refractivity contribution >= 4 is 43.5 Å². The van der Waals surface area contributed by atoms with Crippen molar-refractivity contribution in [2.24, 2.45) is 0 Å². The van der Waals surface area contributed by atoms with Crippen LogP contribution in [0, 0.1) is 0 Å². The molecule has 5 nitrogen and oxygen atoms in total. The molecule has 0 radical (unpaired) electrons. The molecule has 3 rings (SSSR count). The highest BCUT2D eigenvalue weighted by Crippen LogP contribution is 2.27. The van der Waals surface area contributed by atoms with Crippen LogP contribution in [0.5, 0.6) is 0 Å². The Morgan fingerprint density at radius 2 is 1.81 bits per heavy atom. The molecule has 0 unspecified atom stereocenters. The maximum atomic E-state index is 13.0. The van der Waals surface area contributed by atoms with Gasteiger partial charge in [0.15, 0.2) is 0 Å². The molecule has 8 heteroatoms. The molecule has 1 saturated heterocycles. The number of nitrogens with zero attached hydrogens (tertiary/aromatic N) is 1. The molecule has 0 saturated carbocycles. The number of carbonyl (C=O) groups is 1. The summed E-state index contributed by atoms with van der Waals surface area (Å²) in [6.45, 7) is 2.20. The van der Waals surface area contributed by atoms with Crippen molar-refractivity contribution in [1.29, 1.82) is 0 Å². The van der Waals surface area contributed by atoms with Gasteiger partial charge in [0.2, 0.25) is 15.9 Å². The summed E-state index contributed by atoms with van der Waals surface area (Å²) < 4.78 is 28.0. The lowest BCUT2D eigenvalue weighted by atomic mass is 10.1. The van der Waals surface area contributed by atoms with E-state index >= 15 is 0 Å². The van der Waals surface area contributed by atoms with Crippen molar-refractivity contribution in [2.75, 3.05) is 6.54 Å². The van der Waals surface area contributed by atoms with E-state index in [0.29, 0.717) is 24.4 Å². The first-order chi connectivity index (χ1) is 12.8. The van der Waals surface area contributed by atoms with E-state index in [9.17, 15) is 13.2 Å². The number of amides is 1. The Morgan fingerprint density at radius 1 is 1.19 bits per heavy atom. The van der Waals surface area contributed by atoms with Gasteiger partial charge in [-0.15, -0.1) is 0 Å². The van der Waals surface area contributed by atoms with Crippen LogP contribution in [0.4, 0.5) is 0 Å². The zero-order valence-corrected chi connectivity index (χ0v) is 17.9. The van der Waals surface area contributed by atoms with E-state index in [4.69, 9.17) is 11.6 Å². The summed E-state index contributed by atoms with van der Waals surface area (Å²) in [5.41, 5.74) is 0.910. The van der Waals surface area contributed by atoms with Crippen LogP contribution in [0.25, 0.3) is 0 Å². The number of carbonyl (C=O) groups excluding carboxylic acids is 1. The molecule has 0 spiro atoms. The molecular formula is C19H20BrClN2O3S. The fraction of sp³-hybridized carbons (Fsp3) is 0.316. The molecule has 1 heterocycles. The second kappa shape index (κ2) is 8.31. The lowest BCUT2D eigenvalue weighted by molar-refractivity contribution is -0.124. The van der Waals surface area contributed by atoms with E-state index in [1.54, 1.807) is 36.4 Å². The zero-order chi connectivity index (χ0) is 19.6. The number of sulfonamides is 1. The average molecular weight is 472 g/mol. The lowest BCUT2D eigenvalue weighted by Gasteiger charge is -2.25. The van der Waals surface area contributed by atoms with Gasteiger partial charge >= 0.3 is 0 Å². The fourth-order valence-electron chi connectivity index (χ4n) is 3.18. The third-order valence-corrected chi connectivity index (χ3v) is 7.36. The molecule has 144 valence electrons. The van der Waals surface area contributed by atoms with Gasteiger partial charge in [-0.3, -0.25) is 4.79 Å². The first-order valence-electron chi connectivity index (χ1n) is 8.62. The van der Waals surface area contributed by atoms with Gasteiger partial charge in [-0.1, -0.05) is 39.7 Å². The second-order valence-corrected chi connectivity index (χ2v) is 9.75. The molecule has 2 aromatic rings. The Hall–Kier alpha value is -1.41. The molecule has 0 bridgehead atoms. The van der Waals surface area contributed by atoms with Gasteiger partial charge in [-0.25, -0.2) is 8.42 Å². The third kappa shape index (κ3) is 4.54. The molecule has 1 fully saturated rings. The van der Waals surface area contributed by atoms with Crippen molar-refractivity contribution in [3.63, 3.8) is 0 Å². The second-order valence-electron chi connectivity index (χ2n) is 6.51. The summed E-state index contributed by atoms with van der Waals surface area (Å²) in [6.07, 6.45) is 1.16. The highest BCUT2D eigenvalue weighted by molar-refractivity contribution is 9.10. The highest BCUT2D eigenvalue weighted by atomic mass is 79.9. The van der Waals surface area contributed by atoms with E-state index in [1.807, 2.05) is 19.1 Å². The number of hydrogen-bond donors (Lipinski definition) is 1. The minimum absolute atomic E-state index is 0.191. The fourth-order valence-corrected chi connectivity index (χ4v) is 5.22. The van der Waals surface area contributed by atoms with Gasteiger partial charge in [-0.2, -0.15) is 4.31 Å². The number of hydrogen-bond acceptors (Lipinski definition) is 3. The minimum Gasteiger partial charge on any atom is -0.348 e. The average Bonchev–Trinajstić information content (AvgIpc) is 3.13. The monoisotopic (exact) mass is 470 g/mol. The summed E-state index contributed by atoms with van der Waals surface area (Å²) in [7, 11) is -3.72. The Morgan fingerprint density at radius 3 is 2.44 bits per heavy atom.